The lowest BCUT2D eigenvalue weighted by molar-refractivity contribution is 0.584. The second-order valence-corrected chi connectivity index (χ2v) is 4.68. The molecule has 0 amide bonds. The molecule has 0 radical (unpaired) electrons. The van der Waals surface area contributed by atoms with Crippen molar-refractivity contribution in [3.05, 3.63) is 46.6 Å². The van der Waals surface area contributed by atoms with Gasteiger partial charge in [-0.3, -0.25) is 0 Å². The van der Waals surface area contributed by atoms with Crippen molar-refractivity contribution < 1.29 is 8.78 Å². The highest BCUT2D eigenvalue weighted by molar-refractivity contribution is 9.10. The molecule has 18 heavy (non-hydrogen) atoms. The van der Waals surface area contributed by atoms with Crippen LogP contribution in [0.2, 0.25) is 0 Å². The number of nitrogens with one attached hydrogen (secondary N) is 1. The van der Waals surface area contributed by atoms with Crippen LogP contribution in [0.25, 0.3) is 22.6 Å². The Hall–Kier alpha value is -1.82. The number of benzene rings is 1. The zero-order valence-electron chi connectivity index (χ0n) is 8.92. The molecule has 0 bridgehead atoms. The van der Waals surface area contributed by atoms with Crippen LogP contribution in [0.1, 0.15) is 0 Å². The molecule has 0 atom stereocenters. The monoisotopic (exact) mass is 309 g/mol. The summed E-state index contributed by atoms with van der Waals surface area (Å²) < 4.78 is 27.1. The molecule has 90 valence electrons. The quantitative estimate of drug-likeness (QED) is 0.745. The van der Waals surface area contributed by atoms with E-state index in [0.29, 0.717) is 22.6 Å². The molecule has 1 N–H and O–H groups in total. The first-order valence-electron chi connectivity index (χ1n) is 5.09. The molecular formula is C12H6BrF2N3. The third kappa shape index (κ3) is 1.99. The van der Waals surface area contributed by atoms with Gasteiger partial charge in [0.2, 0.25) is 0 Å². The van der Waals surface area contributed by atoms with Gasteiger partial charge in [0.25, 0.3) is 0 Å². The average Bonchev–Trinajstić information content (AvgIpc) is 2.70. The van der Waals surface area contributed by atoms with Crippen molar-refractivity contribution in [2.75, 3.05) is 0 Å². The van der Waals surface area contributed by atoms with Crippen LogP contribution in [0.3, 0.4) is 0 Å². The van der Waals surface area contributed by atoms with E-state index in [9.17, 15) is 8.78 Å². The summed E-state index contributed by atoms with van der Waals surface area (Å²) in [6, 6.07) is 5.06. The SMILES string of the molecule is Fc1cc(F)cc(-c2nc3ncc(Br)cc3[nH]2)c1. The first kappa shape index (κ1) is 11.3. The first-order valence-corrected chi connectivity index (χ1v) is 5.89. The number of rotatable bonds is 1. The number of nitrogens with zero attached hydrogens (tertiary/aromatic N) is 2. The lowest BCUT2D eigenvalue weighted by Gasteiger charge is -1.97. The number of pyridine rings is 1. The summed E-state index contributed by atoms with van der Waals surface area (Å²) >= 11 is 3.29. The van der Waals surface area contributed by atoms with Gasteiger partial charge >= 0.3 is 0 Å². The maximum Gasteiger partial charge on any atom is 0.178 e. The zero-order chi connectivity index (χ0) is 12.7. The fraction of sp³-hybridized carbons (Fsp3) is 0. The van der Waals surface area contributed by atoms with Gasteiger partial charge in [0.15, 0.2) is 5.65 Å². The lowest BCUT2D eigenvalue weighted by atomic mass is 10.2. The van der Waals surface area contributed by atoms with E-state index in [2.05, 4.69) is 30.9 Å². The van der Waals surface area contributed by atoms with Crippen molar-refractivity contribution in [2.24, 2.45) is 0 Å². The normalized spacial score (nSPS) is 11.1. The minimum Gasteiger partial charge on any atom is -0.337 e. The second kappa shape index (κ2) is 4.13. The predicted molar refractivity (Wildman–Crippen MR) is 66.9 cm³/mol. The topological polar surface area (TPSA) is 41.6 Å². The van der Waals surface area contributed by atoms with Crippen molar-refractivity contribution in [3.63, 3.8) is 0 Å². The van der Waals surface area contributed by atoms with Crippen molar-refractivity contribution >= 4 is 27.1 Å². The summed E-state index contributed by atoms with van der Waals surface area (Å²) in [6.07, 6.45) is 1.61. The van der Waals surface area contributed by atoms with Crippen LogP contribution < -0.4 is 0 Å². The number of fused-ring (bicyclic) bond motifs is 1. The van der Waals surface area contributed by atoms with Crippen LogP contribution in [0.5, 0.6) is 0 Å². The molecule has 0 saturated heterocycles. The molecule has 3 nitrogen and oxygen atoms in total. The van der Waals surface area contributed by atoms with Crippen LogP contribution in [0.15, 0.2) is 34.9 Å². The molecule has 3 aromatic rings. The highest BCUT2D eigenvalue weighted by Gasteiger charge is 2.09. The number of aromatic amines is 1. The van der Waals surface area contributed by atoms with E-state index >= 15 is 0 Å². The molecule has 0 aliphatic carbocycles. The van der Waals surface area contributed by atoms with Crippen molar-refractivity contribution in [3.8, 4) is 11.4 Å². The molecule has 2 heterocycles. The number of hydrogen-bond donors (Lipinski definition) is 1. The summed E-state index contributed by atoms with van der Waals surface area (Å²) in [7, 11) is 0. The van der Waals surface area contributed by atoms with Gasteiger partial charge in [0.1, 0.15) is 17.5 Å². The molecule has 0 aliphatic heterocycles. The van der Waals surface area contributed by atoms with Crippen LogP contribution in [0, 0.1) is 11.6 Å². The van der Waals surface area contributed by atoms with E-state index in [1.807, 2.05) is 0 Å². The van der Waals surface area contributed by atoms with Gasteiger partial charge in [0.05, 0.1) is 5.52 Å². The van der Waals surface area contributed by atoms with Crippen molar-refractivity contribution in [2.45, 2.75) is 0 Å². The zero-order valence-corrected chi connectivity index (χ0v) is 10.5. The van der Waals surface area contributed by atoms with E-state index in [4.69, 9.17) is 0 Å². The van der Waals surface area contributed by atoms with Crippen LogP contribution >= 0.6 is 15.9 Å². The van der Waals surface area contributed by atoms with Gasteiger partial charge in [-0.25, -0.2) is 18.7 Å². The number of halogens is 3. The molecule has 0 spiro atoms. The van der Waals surface area contributed by atoms with E-state index in [1.165, 1.54) is 12.1 Å². The number of imidazole rings is 1. The number of hydrogen-bond acceptors (Lipinski definition) is 2. The maximum absolute atomic E-state index is 13.1. The smallest absolute Gasteiger partial charge is 0.178 e. The van der Waals surface area contributed by atoms with Crippen LogP contribution in [-0.4, -0.2) is 15.0 Å². The fourth-order valence-corrected chi connectivity index (χ4v) is 2.03. The summed E-state index contributed by atoms with van der Waals surface area (Å²) in [6.45, 7) is 0. The van der Waals surface area contributed by atoms with E-state index < -0.39 is 11.6 Å². The van der Waals surface area contributed by atoms with E-state index in [1.54, 1.807) is 12.3 Å². The van der Waals surface area contributed by atoms with Gasteiger partial charge in [0, 0.05) is 22.3 Å². The van der Waals surface area contributed by atoms with Gasteiger partial charge in [-0.05, 0) is 34.1 Å². The Morgan fingerprint density at radius 1 is 1.06 bits per heavy atom. The molecule has 0 saturated carbocycles. The van der Waals surface area contributed by atoms with Gasteiger partial charge in [-0.2, -0.15) is 0 Å². The third-order valence-electron chi connectivity index (χ3n) is 2.44. The van der Waals surface area contributed by atoms with E-state index in [0.717, 1.165) is 10.5 Å². The summed E-state index contributed by atoms with van der Waals surface area (Å²) in [5, 5.41) is 0. The Kier molecular flexibility index (Phi) is 2.59. The highest BCUT2D eigenvalue weighted by atomic mass is 79.9. The molecule has 0 unspecified atom stereocenters. The fourth-order valence-electron chi connectivity index (χ4n) is 1.70. The maximum atomic E-state index is 13.1. The Morgan fingerprint density at radius 3 is 2.50 bits per heavy atom. The minimum absolute atomic E-state index is 0.349. The summed E-state index contributed by atoms with van der Waals surface area (Å²) in [4.78, 5) is 11.3. The van der Waals surface area contributed by atoms with Crippen molar-refractivity contribution in [1.82, 2.24) is 15.0 Å². The number of H-pyrrole nitrogens is 1. The van der Waals surface area contributed by atoms with Crippen LogP contribution in [0.4, 0.5) is 8.78 Å². The molecule has 1 aromatic carbocycles. The minimum atomic E-state index is -0.639. The predicted octanol–water partition coefficient (Wildman–Crippen LogP) is 3.67. The Balaban J connectivity index is 2.19. The lowest BCUT2D eigenvalue weighted by Crippen LogP contribution is -1.85. The second-order valence-electron chi connectivity index (χ2n) is 3.77. The highest BCUT2D eigenvalue weighted by Crippen LogP contribution is 2.22. The summed E-state index contributed by atoms with van der Waals surface area (Å²) in [5.41, 5.74) is 1.54. The first-order chi connectivity index (χ1) is 8.61. The van der Waals surface area contributed by atoms with Gasteiger partial charge in [-0.15, -0.1) is 0 Å². The standard InChI is InChI=1S/C12H6BrF2N3/c13-7-3-10-12(16-5-7)18-11(17-10)6-1-8(14)4-9(15)2-6/h1-5H,(H,16,17,18). The molecule has 0 fully saturated rings. The Bertz CT molecular complexity index is 719. The molecular weight excluding hydrogens is 304 g/mol. The molecule has 3 rings (SSSR count). The number of aromatic nitrogens is 3. The average molecular weight is 310 g/mol. The molecule has 0 aliphatic rings. The Morgan fingerprint density at radius 2 is 1.78 bits per heavy atom. The largest absolute Gasteiger partial charge is 0.337 e. The van der Waals surface area contributed by atoms with E-state index in [-0.39, 0.29) is 0 Å². The molecule has 6 heteroatoms. The summed E-state index contributed by atoms with van der Waals surface area (Å²) in [5.74, 6) is -0.895. The van der Waals surface area contributed by atoms with Gasteiger partial charge in [-0.1, -0.05) is 0 Å². The third-order valence-corrected chi connectivity index (χ3v) is 2.87. The van der Waals surface area contributed by atoms with Crippen molar-refractivity contribution in [1.29, 1.82) is 0 Å². The van der Waals surface area contributed by atoms with Gasteiger partial charge < -0.3 is 4.98 Å². The Labute approximate surface area is 109 Å². The van der Waals surface area contributed by atoms with Crippen LogP contribution in [-0.2, 0) is 0 Å². The molecule has 2 aromatic heterocycles.